The normalized spacial score (nSPS) is 12.0. The predicted molar refractivity (Wildman–Crippen MR) is 99.8 cm³/mol. The molecule has 2 rings (SSSR count). The summed E-state index contributed by atoms with van der Waals surface area (Å²) in [5.41, 5.74) is 1.49. The Hall–Kier alpha value is -2.86. The zero-order valence-corrected chi connectivity index (χ0v) is 15.4. The zero-order chi connectivity index (χ0) is 18.9. The predicted octanol–water partition coefficient (Wildman–Crippen LogP) is 3.09. The maximum absolute atomic E-state index is 12.4. The minimum absolute atomic E-state index is 0.00903. The van der Waals surface area contributed by atoms with Gasteiger partial charge in [-0.2, -0.15) is 0 Å². The van der Waals surface area contributed by atoms with Gasteiger partial charge in [-0.1, -0.05) is 30.3 Å². The average Bonchev–Trinajstić information content (AvgIpc) is 2.68. The highest BCUT2D eigenvalue weighted by molar-refractivity contribution is 5.90. The van der Waals surface area contributed by atoms with Crippen LogP contribution in [-0.2, 0) is 9.53 Å². The van der Waals surface area contributed by atoms with Crippen molar-refractivity contribution in [2.45, 2.75) is 6.10 Å². The highest BCUT2D eigenvalue weighted by atomic mass is 16.5. The fourth-order valence-corrected chi connectivity index (χ4v) is 2.62. The van der Waals surface area contributed by atoms with Crippen LogP contribution < -0.4 is 14.2 Å². The Bertz CT molecular complexity index is 758. The first kappa shape index (κ1) is 19.5. The number of Topliss-reactive ketones (excluding diaryl/α,β-unsaturated/α-hetero) is 1. The lowest BCUT2D eigenvalue weighted by Crippen LogP contribution is -2.17. The second kappa shape index (κ2) is 9.58. The Morgan fingerprint density at radius 3 is 2.23 bits per heavy atom. The van der Waals surface area contributed by atoms with E-state index in [1.807, 2.05) is 30.3 Å². The largest absolute Gasteiger partial charge is 0.493 e. The van der Waals surface area contributed by atoms with Crippen LogP contribution in [0.25, 0.3) is 0 Å². The smallest absolute Gasteiger partial charge is 0.203 e. The third-order valence-corrected chi connectivity index (χ3v) is 3.84. The summed E-state index contributed by atoms with van der Waals surface area (Å²) in [7, 11) is 6.14. The molecule has 0 spiro atoms. The van der Waals surface area contributed by atoms with Crippen molar-refractivity contribution in [1.29, 1.82) is 0 Å². The molecular weight excluding hydrogens is 334 g/mol. The summed E-state index contributed by atoms with van der Waals surface area (Å²) in [6, 6.07) is 12.9. The summed E-state index contributed by atoms with van der Waals surface area (Å²) in [6.45, 7) is -0.00903. The van der Waals surface area contributed by atoms with E-state index in [-0.39, 0.29) is 12.3 Å². The molecule has 0 fully saturated rings. The molecule has 26 heavy (non-hydrogen) atoms. The SMILES string of the molecule is COc1ccc(C=NCC(=O)C(OC)c2ccccc2)c(OC)c1OC. The molecule has 0 aliphatic heterocycles. The fraction of sp³-hybridized carbons (Fsp3) is 0.300. The van der Waals surface area contributed by atoms with Crippen LogP contribution in [0.2, 0.25) is 0 Å². The van der Waals surface area contributed by atoms with E-state index in [9.17, 15) is 4.79 Å². The van der Waals surface area contributed by atoms with Gasteiger partial charge in [0.2, 0.25) is 5.75 Å². The summed E-state index contributed by atoms with van der Waals surface area (Å²) in [5.74, 6) is 1.40. The number of nitrogens with zero attached hydrogens (tertiary/aromatic N) is 1. The van der Waals surface area contributed by atoms with E-state index in [2.05, 4.69) is 4.99 Å². The maximum atomic E-state index is 12.4. The molecule has 0 aromatic heterocycles. The first-order valence-corrected chi connectivity index (χ1v) is 8.05. The molecule has 2 aromatic carbocycles. The van der Waals surface area contributed by atoms with E-state index in [0.29, 0.717) is 22.8 Å². The van der Waals surface area contributed by atoms with Gasteiger partial charge >= 0.3 is 0 Å². The number of ketones is 1. The molecule has 138 valence electrons. The van der Waals surface area contributed by atoms with Gasteiger partial charge in [0, 0.05) is 18.9 Å². The van der Waals surface area contributed by atoms with Crippen molar-refractivity contribution in [1.82, 2.24) is 0 Å². The van der Waals surface area contributed by atoms with Gasteiger partial charge < -0.3 is 18.9 Å². The Kier molecular flexibility index (Phi) is 7.17. The standard InChI is InChI=1S/C20H23NO5/c1-23-17-11-10-15(19(25-3)20(17)26-4)12-21-13-16(22)18(24-2)14-8-6-5-7-9-14/h5-12,18H,13H2,1-4H3. The molecule has 0 bridgehead atoms. The number of hydrogen-bond acceptors (Lipinski definition) is 6. The second-order valence-corrected chi connectivity index (χ2v) is 5.39. The molecule has 6 nitrogen and oxygen atoms in total. The van der Waals surface area contributed by atoms with Crippen molar-refractivity contribution in [3.63, 3.8) is 0 Å². The molecule has 0 saturated carbocycles. The van der Waals surface area contributed by atoms with Crippen molar-refractivity contribution >= 4 is 12.0 Å². The van der Waals surface area contributed by atoms with Gasteiger partial charge in [-0.25, -0.2) is 0 Å². The quantitative estimate of drug-likeness (QED) is 0.645. The summed E-state index contributed by atoms with van der Waals surface area (Å²) in [6.07, 6.45) is 0.941. The fourth-order valence-electron chi connectivity index (χ4n) is 2.62. The van der Waals surface area contributed by atoms with Crippen LogP contribution in [-0.4, -0.2) is 47.0 Å². The van der Waals surface area contributed by atoms with Crippen LogP contribution in [0.5, 0.6) is 17.2 Å². The van der Waals surface area contributed by atoms with Crippen molar-refractivity contribution in [3.8, 4) is 17.2 Å². The Morgan fingerprint density at radius 1 is 0.962 bits per heavy atom. The number of hydrogen-bond donors (Lipinski definition) is 0. The van der Waals surface area contributed by atoms with Crippen LogP contribution in [0.3, 0.4) is 0 Å². The minimum atomic E-state index is -0.638. The maximum Gasteiger partial charge on any atom is 0.203 e. The molecule has 0 amide bonds. The molecule has 1 unspecified atom stereocenters. The summed E-state index contributed by atoms with van der Waals surface area (Å²) in [5, 5.41) is 0. The lowest BCUT2D eigenvalue weighted by molar-refractivity contribution is -0.127. The molecule has 0 radical (unpaired) electrons. The molecule has 6 heteroatoms. The van der Waals surface area contributed by atoms with E-state index in [0.717, 1.165) is 5.56 Å². The monoisotopic (exact) mass is 357 g/mol. The molecule has 0 aliphatic carbocycles. The van der Waals surface area contributed by atoms with Crippen LogP contribution in [0.15, 0.2) is 47.5 Å². The van der Waals surface area contributed by atoms with E-state index < -0.39 is 6.10 Å². The van der Waals surface area contributed by atoms with Crippen LogP contribution in [0, 0.1) is 0 Å². The summed E-state index contributed by atoms with van der Waals surface area (Å²) < 4.78 is 21.3. The van der Waals surface area contributed by atoms with Gasteiger partial charge in [0.05, 0.1) is 21.3 Å². The molecule has 0 heterocycles. The average molecular weight is 357 g/mol. The number of aliphatic imine (C=N–C) groups is 1. The molecular formula is C20H23NO5. The lowest BCUT2D eigenvalue weighted by atomic mass is 10.1. The Labute approximate surface area is 153 Å². The number of carbonyl (C=O) groups excluding carboxylic acids is 1. The van der Waals surface area contributed by atoms with Gasteiger partial charge in [0.1, 0.15) is 12.6 Å². The molecule has 2 aromatic rings. The Morgan fingerprint density at radius 2 is 1.65 bits per heavy atom. The number of ether oxygens (including phenoxy) is 4. The topological polar surface area (TPSA) is 66.4 Å². The number of rotatable bonds is 9. The highest BCUT2D eigenvalue weighted by Crippen LogP contribution is 2.39. The van der Waals surface area contributed by atoms with Crippen molar-refractivity contribution in [2.24, 2.45) is 4.99 Å². The third-order valence-electron chi connectivity index (χ3n) is 3.84. The zero-order valence-electron chi connectivity index (χ0n) is 15.4. The van der Waals surface area contributed by atoms with Gasteiger partial charge in [-0.3, -0.25) is 9.79 Å². The van der Waals surface area contributed by atoms with Crippen LogP contribution in [0.4, 0.5) is 0 Å². The first-order valence-electron chi connectivity index (χ1n) is 8.05. The Balaban J connectivity index is 2.16. The van der Waals surface area contributed by atoms with Crippen molar-refractivity contribution in [2.75, 3.05) is 35.0 Å². The van der Waals surface area contributed by atoms with Crippen molar-refractivity contribution < 1.29 is 23.7 Å². The third kappa shape index (κ3) is 4.40. The lowest BCUT2D eigenvalue weighted by Gasteiger charge is -2.14. The van der Waals surface area contributed by atoms with Crippen molar-refractivity contribution in [3.05, 3.63) is 53.6 Å². The van der Waals surface area contributed by atoms with E-state index in [4.69, 9.17) is 18.9 Å². The van der Waals surface area contributed by atoms with Crippen LogP contribution in [0.1, 0.15) is 17.2 Å². The van der Waals surface area contributed by atoms with Gasteiger partial charge in [0.15, 0.2) is 17.3 Å². The second-order valence-electron chi connectivity index (χ2n) is 5.39. The summed E-state index contributed by atoms with van der Waals surface area (Å²) >= 11 is 0. The number of methoxy groups -OCH3 is 4. The van der Waals surface area contributed by atoms with Gasteiger partial charge in [-0.05, 0) is 17.7 Å². The number of carbonyl (C=O) groups is 1. The molecule has 1 atom stereocenters. The molecule has 0 aliphatic rings. The van der Waals surface area contributed by atoms with E-state index >= 15 is 0 Å². The molecule has 0 saturated heterocycles. The number of benzene rings is 2. The van der Waals surface area contributed by atoms with Crippen LogP contribution >= 0.6 is 0 Å². The minimum Gasteiger partial charge on any atom is -0.493 e. The molecule has 0 N–H and O–H groups in total. The van der Waals surface area contributed by atoms with Gasteiger partial charge in [-0.15, -0.1) is 0 Å². The highest BCUT2D eigenvalue weighted by Gasteiger charge is 2.19. The first-order chi connectivity index (χ1) is 12.7. The van der Waals surface area contributed by atoms with Gasteiger partial charge in [0.25, 0.3) is 0 Å². The van der Waals surface area contributed by atoms with E-state index in [1.54, 1.807) is 25.5 Å². The van der Waals surface area contributed by atoms with E-state index in [1.165, 1.54) is 21.3 Å². The summed E-state index contributed by atoms with van der Waals surface area (Å²) in [4.78, 5) is 16.7.